The van der Waals surface area contributed by atoms with E-state index < -0.39 is 6.10 Å². The van der Waals surface area contributed by atoms with Crippen molar-refractivity contribution in [2.75, 3.05) is 27.9 Å². The van der Waals surface area contributed by atoms with Crippen LogP contribution in [0.4, 0.5) is 0 Å². The lowest BCUT2D eigenvalue weighted by Gasteiger charge is -2.16. The van der Waals surface area contributed by atoms with Crippen LogP contribution in [0.15, 0.2) is 42.5 Å². The minimum absolute atomic E-state index is 0.184. The van der Waals surface area contributed by atoms with E-state index in [1.165, 1.54) is 0 Å². The monoisotopic (exact) mass is 359 g/mol. The van der Waals surface area contributed by atoms with E-state index in [4.69, 9.17) is 18.9 Å². The normalized spacial score (nSPS) is 11.4. The van der Waals surface area contributed by atoms with Crippen molar-refractivity contribution in [3.05, 3.63) is 48.0 Å². The van der Waals surface area contributed by atoms with Crippen LogP contribution in [0, 0.1) is 0 Å². The average Bonchev–Trinajstić information content (AvgIpc) is 2.68. The van der Waals surface area contributed by atoms with Crippen molar-refractivity contribution in [1.82, 2.24) is 5.32 Å². The van der Waals surface area contributed by atoms with Gasteiger partial charge in [-0.1, -0.05) is 18.2 Å². The van der Waals surface area contributed by atoms with Crippen LogP contribution < -0.4 is 24.3 Å². The van der Waals surface area contributed by atoms with Crippen LogP contribution in [0.1, 0.15) is 12.5 Å². The van der Waals surface area contributed by atoms with Crippen molar-refractivity contribution in [2.24, 2.45) is 0 Å². The lowest BCUT2D eigenvalue weighted by molar-refractivity contribution is -0.127. The van der Waals surface area contributed by atoms with Crippen LogP contribution in [0.5, 0.6) is 23.0 Å². The topological polar surface area (TPSA) is 66.0 Å². The lowest BCUT2D eigenvalue weighted by Crippen LogP contribution is -2.37. The van der Waals surface area contributed by atoms with E-state index in [2.05, 4.69) is 5.32 Å². The van der Waals surface area contributed by atoms with Crippen LogP contribution in [-0.2, 0) is 11.2 Å². The highest BCUT2D eigenvalue weighted by Crippen LogP contribution is 2.28. The van der Waals surface area contributed by atoms with Gasteiger partial charge in [0.05, 0.1) is 21.3 Å². The molecule has 0 saturated heterocycles. The van der Waals surface area contributed by atoms with E-state index >= 15 is 0 Å². The Balaban J connectivity index is 1.86. The number of para-hydroxylation sites is 2. The molecule has 2 aromatic rings. The van der Waals surface area contributed by atoms with E-state index in [-0.39, 0.29) is 5.91 Å². The second-order valence-corrected chi connectivity index (χ2v) is 5.64. The van der Waals surface area contributed by atoms with Gasteiger partial charge in [-0.25, -0.2) is 0 Å². The van der Waals surface area contributed by atoms with E-state index in [1.54, 1.807) is 40.4 Å². The van der Waals surface area contributed by atoms with Gasteiger partial charge in [-0.15, -0.1) is 0 Å². The van der Waals surface area contributed by atoms with E-state index in [0.717, 1.165) is 5.56 Å². The summed E-state index contributed by atoms with van der Waals surface area (Å²) in [6, 6.07) is 12.9. The molecule has 0 spiro atoms. The molecule has 1 N–H and O–H groups in total. The standard InChI is InChI=1S/C20H25NO5/c1-14(26-18-8-6-5-7-16(18)23-2)20(22)21-12-11-15-9-10-17(24-3)19(13-15)25-4/h5-10,13-14H,11-12H2,1-4H3,(H,21,22)/t14-/m1/s1. The Morgan fingerprint density at radius 3 is 2.19 bits per heavy atom. The largest absolute Gasteiger partial charge is 0.493 e. The number of ether oxygens (including phenoxy) is 4. The van der Waals surface area contributed by atoms with E-state index in [1.807, 2.05) is 30.3 Å². The third kappa shape index (κ3) is 5.05. The average molecular weight is 359 g/mol. The summed E-state index contributed by atoms with van der Waals surface area (Å²) in [4.78, 5) is 12.2. The lowest BCUT2D eigenvalue weighted by atomic mass is 10.1. The van der Waals surface area contributed by atoms with Crippen LogP contribution >= 0.6 is 0 Å². The van der Waals surface area contributed by atoms with Crippen LogP contribution in [0.2, 0.25) is 0 Å². The molecule has 140 valence electrons. The van der Waals surface area contributed by atoms with Gasteiger partial charge >= 0.3 is 0 Å². The Bertz CT molecular complexity index is 732. The van der Waals surface area contributed by atoms with Gasteiger partial charge in [0.15, 0.2) is 29.1 Å². The molecule has 0 saturated carbocycles. The highest BCUT2D eigenvalue weighted by atomic mass is 16.5. The molecular weight excluding hydrogens is 334 g/mol. The fourth-order valence-corrected chi connectivity index (χ4v) is 2.47. The van der Waals surface area contributed by atoms with Crippen LogP contribution in [0.3, 0.4) is 0 Å². The van der Waals surface area contributed by atoms with Crippen LogP contribution in [0.25, 0.3) is 0 Å². The van der Waals surface area contributed by atoms with Crippen molar-refractivity contribution in [3.8, 4) is 23.0 Å². The summed E-state index contributed by atoms with van der Waals surface area (Å²) in [5.74, 6) is 2.30. The summed E-state index contributed by atoms with van der Waals surface area (Å²) in [6.45, 7) is 2.20. The third-order valence-corrected chi connectivity index (χ3v) is 3.90. The molecule has 6 nitrogen and oxygen atoms in total. The number of carbonyl (C=O) groups excluding carboxylic acids is 1. The summed E-state index contributed by atoms with van der Waals surface area (Å²) < 4.78 is 21.4. The third-order valence-electron chi connectivity index (χ3n) is 3.90. The number of rotatable bonds is 9. The summed E-state index contributed by atoms with van der Waals surface area (Å²) in [5.41, 5.74) is 1.04. The first kappa shape index (κ1) is 19.4. The number of methoxy groups -OCH3 is 3. The first-order valence-electron chi connectivity index (χ1n) is 8.37. The molecule has 1 amide bonds. The zero-order valence-corrected chi connectivity index (χ0v) is 15.6. The van der Waals surface area contributed by atoms with Crippen molar-refractivity contribution >= 4 is 5.91 Å². The maximum Gasteiger partial charge on any atom is 0.260 e. The molecule has 0 aliphatic carbocycles. The van der Waals surface area contributed by atoms with Gasteiger partial charge in [0.1, 0.15) is 0 Å². The Morgan fingerprint density at radius 2 is 1.54 bits per heavy atom. The maximum absolute atomic E-state index is 12.2. The minimum atomic E-state index is -0.628. The molecule has 6 heteroatoms. The number of amides is 1. The van der Waals surface area contributed by atoms with Gasteiger partial charge in [-0.05, 0) is 43.2 Å². The van der Waals surface area contributed by atoms with Crippen molar-refractivity contribution in [2.45, 2.75) is 19.4 Å². The molecular formula is C20H25NO5. The molecule has 0 aliphatic heterocycles. The first-order chi connectivity index (χ1) is 12.6. The minimum Gasteiger partial charge on any atom is -0.493 e. The zero-order valence-electron chi connectivity index (χ0n) is 15.6. The van der Waals surface area contributed by atoms with Crippen molar-refractivity contribution in [3.63, 3.8) is 0 Å². The first-order valence-corrected chi connectivity index (χ1v) is 8.37. The fraction of sp³-hybridized carbons (Fsp3) is 0.350. The number of nitrogens with one attached hydrogen (secondary N) is 1. The van der Waals surface area contributed by atoms with Gasteiger partial charge in [-0.3, -0.25) is 4.79 Å². The van der Waals surface area contributed by atoms with E-state index in [0.29, 0.717) is 36.0 Å². The molecule has 2 rings (SSSR count). The molecule has 0 unspecified atom stereocenters. The van der Waals surface area contributed by atoms with Crippen molar-refractivity contribution in [1.29, 1.82) is 0 Å². The molecule has 0 aliphatic rings. The van der Waals surface area contributed by atoms with E-state index in [9.17, 15) is 4.79 Å². The molecule has 0 aromatic heterocycles. The number of carbonyl (C=O) groups is 1. The highest BCUT2D eigenvalue weighted by Gasteiger charge is 2.16. The molecule has 0 heterocycles. The second-order valence-electron chi connectivity index (χ2n) is 5.64. The predicted molar refractivity (Wildman–Crippen MR) is 99.3 cm³/mol. The SMILES string of the molecule is COc1ccc(CCNC(=O)[C@@H](C)Oc2ccccc2OC)cc1OC. The van der Waals surface area contributed by atoms with Crippen LogP contribution in [-0.4, -0.2) is 39.9 Å². The fourth-order valence-electron chi connectivity index (χ4n) is 2.47. The Kier molecular flexibility index (Phi) is 7.14. The second kappa shape index (κ2) is 9.56. The molecule has 26 heavy (non-hydrogen) atoms. The molecule has 0 radical (unpaired) electrons. The molecule has 0 fully saturated rings. The quantitative estimate of drug-likeness (QED) is 0.746. The summed E-state index contributed by atoms with van der Waals surface area (Å²) in [6.07, 6.45) is 0.0460. The number of benzene rings is 2. The predicted octanol–water partition coefficient (Wildman–Crippen LogP) is 2.84. The van der Waals surface area contributed by atoms with Gasteiger partial charge in [0.2, 0.25) is 0 Å². The van der Waals surface area contributed by atoms with Gasteiger partial charge in [0, 0.05) is 6.54 Å². The maximum atomic E-state index is 12.2. The van der Waals surface area contributed by atoms with Crippen molar-refractivity contribution < 1.29 is 23.7 Å². The van der Waals surface area contributed by atoms with Gasteiger partial charge < -0.3 is 24.3 Å². The Labute approximate surface area is 154 Å². The molecule has 0 bridgehead atoms. The molecule has 1 atom stereocenters. The van der Waals surface area contributed by atoms with Gasteiger partial charge in [0.25, 0.3) is 5.91 Å². The summed E-state index contributed by atoms with van der Waals surface area (Å²) >= 11 is 0. The summed E-state index contributed by atoms with van der Waals surface area (Å²) in [5, 5.41) is 2.88. The van der Waals surface area contributed by atoms with Gasteiger partial charge in [-0.2, -0.15) is 0 Å². The smallest absolute Gasteiger partial charge is 0.260 e. The molecule has 2 aromatic carbocycles. The Morgan fingerprint density at radius 1 is 0.923 bits per heavy atom. The Hall–Kier alpha value is -2.89. The number of hydrogen-bond donors (Lipinski definition) is 1. The number of hydrogen-bond acceptors (Lipinski definition) is 5. The summed E-state index contributed by atoms with van der Waals surface area (Å²) in [7, 11) is 4.76. The highest BCUT2D eigenvalue weighted by molar-refractivity contribution is 5.80. The zero-order chi connectivity index (χ0) is 18.9.